The Hall–Kier alpha value is -0.450. The summed E-state index contributed by atoms with van der Waals surface area (Å²) in [4.78, 5) is 13.6. The van der Waals surface area contributed by atoms with E-state index in [1.807, 2.05) is 0 Å². The Morgan fingerprint density at radius 2 is 2.50 bits per heavy atom. The highest BCUT2D eigenvalue weighted by molar-refractivity contribution is 5.60. The van der Waals surface area contributed by atoms with Gasteiger partial charge in [-0.15, -0.1) is 0 Å². The number of methoxy groups -OCH3 is 1. The molecule has 0 amide bonds. The zero-order chi connectivity index (χ0) is 11.4. The SMILES string of the molecule is COC1CCCN(CC2(C=O)CCOC2)C1. The molecule has 2 aliphatic rings. The molecule has 0 aliphatic carbocycles. The Balaban J connectivity index is 1.90. The van der Waals surface area contributed by atoms with Gasteiger partial charge in [-0.05, 0) is 25.8 Å². The second kappa shape index (κ2) is 5.25. The van der Waals surface area contributed by atoms with Gasteiger partial charge in [0.05, 0.1) is 18.1 Å². The van der Waals surface area contributed by atoms with Crippen molar-refractivity contribution in [1.29, 1.82) is 0 Å². The van der Waals surface area contributed by atoms with Crippen LogP contribution in [0.5, 0.6) is 0 Å². The summed E-state index contributed by atoms with van der Waals surface area (Å²) in [6, 6.07) is 0. The molecule has 0 spiro atoms. The highest BCUT2D eigenvalue weighted by Gasteiger charge is 2.37. The third-order valence-electron chi connectivity index (χ3n) is 3.72. The van der Waals surface area contributed by atoms with Crippen LogP contribution in [-0.2, 0) is 14.3 Å². The number of piperidine rings is 1. The van der Waals surface area contributed by atoms with Gasteiger partial charge in [0.25, 0.3) is 0 Å². The quantitative estimate of drug-likeness (QED) is 0.663. The zero-order valence-electron chi connectivity index (χ0n) is 9.98. The molecule has 0 aromatic carbocycles. The van der Waals surface area contributed by atoms with Crippen LogP contribution in [0.4, 0.5) is 0 Å². The lowest BCUT2D eigenvalue weighted by Crippen LogP contribution is -2.46. The minimum absolute atomic E-state index is 0.254. The number of carbonyl (C=O) groups is 1. The van der Waals surface area contributed by atoms with E-state index in [1.165, 1.54) is 0 Å². The Bertz CT molecular complexity index is 238. The number of hydrogen-bond donors (Lipinski definition) is 0. The fraction of sp³-hybridized carbons (Fsp3) is 0.917. The van der Waals surface area contributed by atoms with Crippen molar-refractivity contribution in [2.75, 3.05) is 40.0 Å². The first-order chi connectivity index (χ1) is 7.78. The van der Waals surface area contributed by atoms with Gasteiger partial charge in [-0.25, -0.2) is 0 Å². The molecule has 0 bridgehead atoms. The van der Waals surface area contributed by atoms with Crippen molar-refractivity contribution < 1.29 is 14.3 Å². The van der Waals surface area contributed by atoms with Gasteiger partial charge in [-0.2, -0.15) is 0 Å². The van der Waals surface area contributed by atoms with E-state index >= 15 is 0 Å². The summed E-state index contributed by atoms with van der Waals surface area (Å²) < 4.78 is 10.7. The van der Waals surface area contributed by atoms with E-state index in [-0.39, 0.29) is 5.41 Å². The van der Waals surface area contributed by atoms with E-state index in [4.69, 9.17) is 9.47 Å². The molecule has 0 aromatic heterocycles. The first-order valence-corrected chi connectivity index (χ1v) is 6.07. The molecule has 0 saturated carbocycles. The third-order valence-corrected chi connectivity index (χ3v) is 3.72. The van der Waals surface area contributed by atoms with Gasteiger partial charge in [0.2, 0.25) is 0 Å². The number of nitrogens with zero attached hydrogens (tertiary/aromatic N) is 1. The molecule has 0 radical (unpaired) electrons. The van der Waals surface area contributed by atoms with E-state index in [9.17, 15) is 4.79 Å². The van der Waals surface area contributed by atoms with Crippen molar-refractivity contribution in [3.8, 4) is 0 Å². The van der Waals surface area contributed by atoms with Crippen LogP contribution in [0.2, 0.25) is 0 Å². The predicted molar refractivity (Wildman–Crippen MR) is 60.4 cm³/mol. The number of likely N-dealkylation sites (tertiary alicyclic amines) is 1. The fourth-order valence-electron chi connectivity index (χ4n) is 2.67. The van der Waals surface area contributed by atoms with Gasteiger partial charge in [0.15, 0.2) is 0 Å². The summed E-state index contributed by atoms with van der Waals surface area (Å²) in [5.74, 6) is 0. The summed E-state index contributed by atoms with van der Waals surface area (Å²) >= 11 is 0. The second-order valence-electron chi connectivity index (χ2n) is 5.02. The molecule has 16 heavy (non-hydrogen) atoms. The molecule has 4 heteroatoms. The molecule has 2 fully saturated rings. The van der Waals surface area contributed by atoms with Crippen LogP contribution in [0, 0.1) is 5.41 Å². The largest absolute Gasteiger partial charge is 0.380 e. The summed E-state index contributed by atoms with van der Waals surface area (Å²) in [5, 5.41) is 0. The number of rotatable bonds is 4. The maximum atomic E-state index is 11.2. The average molecular weight is 227 g/mol. The Labute approximate surface area is 96.9 Å². The monoisotopic (exact) mass is 227 g/mol. The molecule has 2 saturated heterocycles. The lowest BCUT2D eigenvalue weighted by molar-refractivity contribution is -0.118. The van der Waals surface area contributed by atoms with Crippen LogP contribution < -0.4 is 0 Å². The van der Waals surface area contributed by atoms with Gasteiger partial charge < -0.3 is 14.3 Å². The van der Waals surface area contributed by atoms with Crippen molar-refractivity contribution in [2.45, 2.75) is 25.4 Å². The minimum atomic E-state index is -0.254. The standard InChI is InChI=1S/C12H21NO3/c1-15-11-3-2-5-13(7-11)8-12(9-14)4-6-16-10-12/h9,11H,2-8,10H2,1H3. The molecule has 2 rings (SSSR count). The highest BCUT2D eigenvalue weighted by atomic mass is 16.5. The van der Waals surface area contributed by atoms with E-state index in [2.05, 4.69) is 4.90 Å². The van der Waals surface area contributed by atoms with Crippen molar-refractivity contribution >= 4 is 6.29 Å². The Morgan fingerprint density at radius 1 is 1.62 bits per heavy atom. The normalized spacial score (nSPS) is 36.4. The highest BCUT2D eigenvalue weighted by Crippen LogP contribution is 2.28. The third kappa shape index (κ3) is 2.62. The Kier molecular flexibility index (Phi) is 3.95. The summed E-state index contributed by atoms with van der Waals surface area (Å²) in [6.07, 6.45) is 4.59. The van der Waals surface area contributed by atoms with Crippen LogP contribution >= 0.6 is 0 Å². The molecule has 0 N–H and O–H groups in total. The molecule has 2 unspecified atom stereocenters. The second-order valence-corrected chi connectivity index (χ2v) is 5.02. The Morgan fingerprint density at radius 3 is 3.12 bits per heavy atom. The van der Waals surface area contributed by atoms with Crippen LogP contribution in [0.1, 0.15) is 19.3 Å². The van der Waals surface area contributed by atoms with Crippen LogP contribution in [0.15, 0.2) is 0 Å². The van der Waals surface area contributed by atoms with Gasteiger partial charge in [0, 0.05) is 26.8 Å². The number of ether oxygens (including phenoxy) is 2. The van der Waals surface area contributed by atoms with E-state index in [1.54, 1.807) is 7.11 Å². The number of carbonyl (C=O) groups excluding carboxylic acids is 1. The van der Waals surface area contributed by atoms with Crippen LogP contribution in [0.3, 0.4) is 0 Å². The molecular formula is C12H21NO3. The van der Waals surface area contributed by atoms with Crippen molar-refractivity contribution in [1.82, 2.24) is 4.90 Å². The average Bonchev–Trinajstić information content (AvgIpc) is 2.78. The summed E-state index contributed by atoms with van der Waals surface area (Å²) in [7, 11) is 1.77. The summed E-state index contributed by atoms with van der Waals surface area (Å²) in [5.41, 5.74) is -0.254. The molecule has 2 aliphatic heterocycles. The summed E-state index contributed by atoms with van der Waals surface area (Å²) in [6.45, 7) is 4.17. The van der Waals surface area contributed by atoms with Gasteiger partial charge in [0.1, 0.15) is 6.29 Å². The molecule has 92 valence electrons. The fourth-order valence-corrected chi connectivity index (χ4v) is 2.67. The number of hydrogen-bond acceptors (Lipinski definition) is 4. The van der Waals surface area contributed by atoms with Crippen LogP contribution in [0.25, 0.3) is 0 Å². The first-order valence-electron chi connectivity index (χ1n) is 6.07. The van der Waals surface area contributed by atoms with Gasteiger partial charge >= 0.3 is 0 Å². The van der Waals surface area contributed by atoms with Gasteiger partial charge in [-0.1, -0.05) is 0 Å². The maximum absolute atomic E-state index is 11.2. The predicted octanol–water partition coefficient (Wildman–Crippen LogP) is 0.703. The van der Waals surface area contributed by atoms with E-state index in [0.29, 0.717) is 12.7 Å². The first kappa shape index (κ1) is 12.0. The minimum Gasteiger partial charge on any atom is -0.380 e. The molecule has 0 aromatic rings. The molecular weight excluding hydrogens is 206 g/mol. The van der Waals surface area contributed by atoms with E-state index < -0.39 is 0 Å². The topological polar surface area (TPSA) is 38.8 Å². The van der Waals surface area contributed by atoms with Crippen molar-refractivity contribution in [2.24, 2.45) is 5.41 Å². The van der Waals surface area contributed by atoms with Crippen molar-refractivity contribution in [3.63, 3.8) is 0 Å². The van der Waals surface area contributed by atoms with Crippen LogP contribution in [-0.4, -0.2) is 57.2 Å². The lowest BCUT2D eigenvalue weighted by atomic mass is 9.88. The zero-order valence-corrected chi connectivity index (χ0v) is 9.98. The smallest absolute Gasteiger partial charge is 0.129 e. The van der Waals surface area contributed by atoms with E-state index in [0.717, 1.165) is 51.8 Å². The molecule has 4 nitrogen and oxygen atoms in total. The lowest BCUT2D eigenvalue weighted by Gasteiger charge is -2.36. The molecule has 2 atom stereocenters. The van der Waals surface area contributed by atoms with Gasteiger partial charge in [-0.3, -0.25) is 4.90 Å². The molecule has 2 heterocycles. The number of aldehydes is 1. The maximum Gasteiger partial charge on any atom is 0.129 e. The van der Waals surface area contributed by atoms with Crippen molar-refractivity contribution in [3.05, 3.63) is 0 Å².